The molecule has 1 amide bonds. The Hall–Kier alpha value is -2.25. The van der Waals surface area contributed by atoms with Crippen molar-refractivity contribution in [3.05, 3.63) is 41.5 Å². The predicted octanol–water partition coefficient (Wildman–Crippen LogP) is 4.28. The lowest BCUT2D eigenvalue weighted by Crippen LogP contribution is -2.39. The Morgan fingerprint density at radius 3 is 2.76 bits per heavy atom. The molecule has 1 atom stereocenters. The van der Waals surface area contributed by atoms with Crippen molar-refractivity contribution in [2.45, 2.75) is 44.6 Å². The van der Waals surface area contributed by atoms with Crippen LogP contribution < -0.4 is 5.32 Å². The molecule has 3 aromatic rings. The van der Waals surface area contributed by atoms with Gasteiger partial charge in [-0.3, -0.25) is 9.69 Å². The Labute approximate surface area is 174 Å². The summed E-state index contributed by atoms with van der Waals surface area (Å²) in [6.07, 6.45) is 6.42. The van der Waals surface area contributed by atoms with Crippen LogP contribution in [-0.2, 0) is 4.79 Å². The lowest BCUT2D eigenvalue weighted by Gasteiger charge is -2.30. The normalized spacial score (nSPS) is 19.5. The van der Waals surface area contributed by atoms with E-state index in [1.807, 2.05) is 28.2 Å². The molecule has 2 fully saturated rings. The number of hydrogen-bond donors (Lipinski definition) is 1. The van der Waals surface area contributed by atoms with Crippen LogP contribution in [0.1, 0.15) is 49.6 Å². The van der Waals surface area contributed by atoms with Crippen LogP contribution in [0, 0.1) is 5.92 Å². The standard InChI is InChI=1S/C22H27N5OS/c1-15(16-6-7-16)27-20(8-11-23-27)25-21(28)14-26-12-9-17(10-13-26)22-24-18-4-2-3-5-19(18)29-22/h2-5,8,11,15-17H,6-7,9-10,12-14H2,1H3,(H,25,28). The van der Waals surface area contributed by atoms with E-state index in [1.54, 1.807) is 6.20 Å². The first-order valence-electron chi connectivity index (χ1n) is 10.6. The largest absolute Gasteiger partial charge is 0.310 e. The summed E-state index contributed by atoms with van der Waals surface area (Å²) in [6, 6.07) is 10.6. The number of thiazole rings is 1. The number of carbonyl (C=O) groups excluding carboxylic acids is 1. The van der Waals surface area contributed by atoms with Crippen molar-refractivity contribution in [1.82, 2.24) is 19.7 Å². The summed E-state index contributed by atoms with van der Waals surface area (Å²) in [4.78, 5) is 19.7. The Morgan fingerprint density at radius 2 is 2.00 bits per heavy atom. The summed E-state index contributed by atoms with van der Waals surface area (Å²) in [5.41, 5.74) is 1.10. The Bertz CT molecular complexity index is 966. The molecule has 1 saturated carbocycles. The fourth-order valence-electron chi connectivity index (χ4n) is 4.30. The second-order valence-corrected chi connectivity index (χ2v) is 9.42. The van der Waals surface area contributed by atoms with Gasteiger partial charge in [0.1, 0.15) is 5.82 Å². The Balaban J connectivity index is 1.15. The summed E-state index contributed by atoms with van der Waals surface area (Å²) in [7, 11) is 0. The molecule has 0 radical (unpaired) electrons. The molecule has 2 aliphatic rings. The SMILES string of the molecule is CC(C1CC1)n1nccc1NC(=O)CN1CCC(c2nc3ccccc3s2)CC1. The number of fused-ring (bicyclic) bond motifs is 1. The second-order valence-electron chi connectivity index (χ2n) is 8.36. The van der Waals surface area contributed by atoms with E-state index in [0.29, 0.717) is 24.4 Å². The smallest absolute Gasteiger partial charge is 0.239 e. The molecule has 3 heterocycles. The average molecular weight is 410 g/mol. The van der Waals surface area contributed by atoms with Gasteiger partial charge in [-0.05, 0) is 63.7 Å². The monoisotopic (exact) mass is 409 g/mol. The summed E-state index contributed by atoms with van der Waals surface area (Å²) < 4.78 is 3.23. The lowest BCUT2D eigenvalue weighted by atomic mass is 9.97. The molecule has 1 saturated heterocycles. The summed E-state index contributed by atoms with van der Waals surface area (Å²) in [6.45, 7) is 4.50. The highest BCUT2D eigenvalue weighted by atomic mass is 32.1. The van der Waals surface area contributed by atoms with Gasteiger partial charge in [-0.15, -0.1) is 11.3 Å². The van der Waals surface area contributed by atoms with E-state index < -0.39 is 0 Å². The van der Waals surface area contributed by atoms with Crippen LogP contribution in [0.15, 0.2) is 36.5 Å². The zero-order chi connectivity index (χ0) is 19.8. The van der Waals surface area contributed by atoms with Crippen molar-refractivity contribution in [3.8, 4) is 0 Å². The molecule has 2 aromatic heterocycles. The number of carbonyl (C=O) groups is 1. The van der Waals surface area contributed by atoms with Gasteiger partial charge in [-0.2, -0.15) is 5.10 Å². The van der Waals surface area contributed by atoms with E-state index in [9.17, 15) is 4.79 Å². The van der Waals surface area contributed by atoms with Crippen LogP contribution in [-0.4, -0.2) is 45.2 Å². The van der Waals surface area contributed by atoms with Gasteiger partial charge in [-0.1, -0.05) is 12.1 Å². The number of para-hydroxylation sites is 1. The van der Waals surface area contributed by atoms with Crippen molar-refractivity contribution >= 4 is 33.3 Å². The van der Waals surface area contributed by atoms with Crippen LogP contribution in [0.4, 0.5) is 5.82 Å². The van der Waals surface area contributed by atoms with Gasteiger partial charge in [0, 0.05) is 12.0 Å². The fourth-order valence-corrected chi connectivity index (χ4v) is 5.44. The molecular weight excluding hydrogens is 382 g/mol. The second kappa shape index (κ2) is 7.88. The quantitative estimate of drug-likeness (QED) is 0.660. The van der Waals surface area contributed by atoms with Crippen LogP contribution in [0.2, 0.25) is 0 Å². The number of amides is 1. The molecular formula is C22H27N5OS. The number of piperidine rings is 1. The van der Waals surface area contributed by atoms with Crippen molar-refractivity contribution in [3.63, 3.8) is 0 Å². The van der Waals surface area contributed by atoms with E-state index in [1.165, 1.54) is 22.5 Å². The van der Waals surface area contributed by atoms with Crippen molar-refractivity contribution in [1.29, 1.82) is 0 Å². The van der Waals surface area contributed by atoms with E-state index >= 15 is 0 Å². The first-order valence-corrected chi connectivity index (χ1v) is 11.4. The minimum Gasteiger partial charge on any atom is -0.310 e. The Morgan fingerprint density at radius 1 is 1.21 bits per heavy atom. The van der Waals surface area contributed by atoms with Gasteiger partial charge < -0.3 is 5.32 Å². The zero-order valence-electron chi connectivity index (χ0n) is 16.8. The summed E-state index contributed by atoms with van der Waals surface area (Å²) in [5.74, 6) is 2.08. The molecule has 1 aromatic carbocycles. The van der Waals surface area contributed by atoms with E-state index in [-0.39, 0.29) is 5.91 Å². The molecule has 5 rings (SSSR count). The molecule has 29 heavy (non-hydrogen) atoms. The van der Waals surface area contributed by atoms with Gasteiger partial charge in [0.15, 0.2) is 0 Å². The van der Waals surface area contributed by atoms with Crippen LogP contribution in [0.25, 0.3) is 10.2 Å². The van der Waals surface area contributed by atoms with E-state index in [0.717, 1.165) is 37.3 Å². The number of anilines is 1. The molecule has 0 bridgehead atoms. The third-order valence-corrected chi connectivity index (χ3v) is 7.44. The zero-order valence-corrected chi connectivity index (χ0v) is 17.6. The molecule has 7 heteroatoms. The minimum absolute atomic E-state index is 0.0492. The molecule has 0 spiro atoms. The average Bonchev–Trinajstić information content (AvgIpc) is 3.33. The van der Waals surface area contributed by atoms with Crippen LogP contribution >= 0.6 is 11.3 Å². The van der Waals surface area contributed by atoms with Crippen molar-refractivity contribution in [2.24, 2.45) is 5.92 Å². The third-order valence-electron chi connectivity index (χ3n) is 6.24. The maximum absolute atomic E-state index is 12.6. The number of benzene rings is 1. The number of nitrogens with zero attached hydrogens (tertiary/aromatic N) is 4. The molecule has 6 nitrogen and oxygen atoms in total. The highest BCUT2D eigenvalue weighted by Crippen LogP contribution is 2.40. The maximum atomic E-state index is 12.6. The Kier molecular flexibility index (Phi) is 5.09. The van der Waals surface area contributed by atoms with Crippen LogP contribution in [0.3, 0.4) is 0 Å². The van der Waals surface area contributed by atoms with Crippen molar-refractivity contribution < 1.29 is 4.79 Å². The first-order chi connectivity index (χ1) is 14.2. The van der Waals surface area contributed by atoms with E-state index in [4.69, 9.17) is 4.98 Å². The summed E-state index contributed by atoms with van der Waals surface area (Å²) >= 11 is 1.81. The van der Waals surface area contributed by atoms with Gasteiger partial charge in [0.25, 0.3) is 0 Å². The topological polar surface area (TPSA) is 63.1 Å². The molecule has 1 aliphatic carbocycles. The minimum atomic E-state index is 0.0492. The fraction of sp³-hybridized carbons (Fsp3) is 0.500. The number of hydrogen-bond acceptors (Lipinski definition) is 5. The van der Waals surface area contributed by atoms with E-state index in [2.05, 4.69) is 40.4 Å². The molecule has 1 unspecified atom stereocenters. The third kappa shape index (κ3) is 4.07. The van der Waals surface area contributed by atoms with Gasteiger partial charge >= 0.3 is 0 Å². The highest BCUT2D eigenvalue weighted by Gasteiger charge is 2.31. The van der Waals surface area contributed by atoms with Crippen molar-refractivity contribution in [2.75, 3.05) is 25.0 Å². The van der Waals surface area contributed by atoms with Gasteiger partial charge in [0.05, 0.1) is 34.0 Å². The number of rotatable bonds is 6. The summed E-state index contributed by atoms with van der Waals surface area (Å²) in [5, 5.41) is 8.74. The number of aromatic nitrogens is 3. The number of likely N-dealkylation sites (tertiary alicyclic amines) is 1. The predicted molar refractivity (Wildman–Crippen MR) is 116 cm³/mol. The molecule has 152 valence electrons. The highest BCUT2D eigenvalue weighted by molar-refractivity contribution is 7.18. The van der Waals surface area contributed by atoms with Gasteiger partial charge in [-0.25, -0.2) is 9.67 Å². The molecule has 1 aliphatic heterocycles. The van der Waals surface area contributed by atoms with Crippen LogP contribution in [0.5, 0.6) is 0 Å². The lowest BCUT2D eigenvalue weighted by molar-refractivity contribution is -0.117. The molecule has 1 N–H and O–H groups in total. The maximum Gasteiger partial charge on any atom is 0.239 e. The van der Waals surface area contributed by atoms with Gasteiger partial charge in [0.2, 0.25) is 5.91 Å². The number of nitrogens with one attached hydrogen (secondary N) is 1. The first kappa shape index (κ1) is 18.8.